The van der Waals surface area contributed by atoms with Crippen molar-refractivity contribution in [1.82, 2.24) is 10.6 Å². The third-order valence-electron chi connectivity index (χ3n) is 2.44. The predicted molar refractivity (Wildman–Crippen MR) is 100 cm³/mol. The van der Waals surface area contributed by atoms with Crippen molar-refractivity contribution in [2.75, 3.05) is 79.0 Å². The molecule has 0 unspecified atom stereocenters. The third kappa shape index (κ3) is 73.3. The minimum Gasteiger partial charge on any atom is -0.378 e. The summed E-state index contributed by atoms with van der Waals surface area (Å²) in [5.74, 6) is 0. The maximum absolute atomic E-state index is 8.25. The Bertz CT molecular complexity index is 295. The van der Waals surface area contributed by atoms with Gasteiger partial charge in [0.05, 0.1) is 68.1 Å². The summed E-state index contributed by atoms with van der Waals surface area (Å²) in [7, 11) is 0. The molecule has 31 heavy (non-hydrogen) atoms. The SMILES string of the molecule is C1COCCOCCNCCOCCOCCN1.O=[N+]([O-])[O-].O=[N+]([O-])[O-].O=[N+]([O-])[O-].[Ce+3]. The van der Waals surface area contributed by atoms with E-state index in [4.69, 9.17) is 64.9 Å². The molecule has 1 heterocycles. The van der Waals surface area contributed by atoms with Gasteiger partial charge >= 0.3 is 41.7 Å². The Morgan fingerprint density at radius 3 is 0.774 bits per heavy atom. The van der Waals surface area contributed by atoms with Crippen LogP contribution in [0.2, 0.25) is 0 Å². The van der Waals surface area contributed by atoms with Crippen LogP contribution in [0.15, 0.2) is 0 Å². The van der Waals surface area contributed by atoms with E-state index in [2.05, 4.69) is 10.6 Å². The van der Waals surface area contributed by atoms with Crippen molar-refractivity contribution in [3.05, 3.63) is 46.0 Å². The molecular formula is C12H26CeN5O13. The molecule has 1 aliphatic rings. The minimum absolute atomic E-state index is 0. The first-order valence-corrected chi connectivity index (χ1v) is 8.37. The molecule has 1 fully saturated rings. The average Bonchev–Trinajstić information content (AvgIpc) is 2.60. The molecule has 0 atom stereocenters. The zero-order chi connectivity index (χ0) is 23.5. The van der Waals surface area contributed by atoms with E-state index < -0.39 is 15.3 Å². The molecule has 1 radical (unpaired) electrons. The quantitative estimate of drug-likeness (QED) is 0.242. The summed E-state index contributed by atoms with van der Waals surface area (Å²) >= 11 is 0. The first-order chi connectivity index (χ1) is 14.2. The summed E-state index contributed by atoms with van der Waals surface area (Å²) in [6, 6.07) is 0. The van der Waals surface area contributed by atoms with E-state index in [0.29, 0.717) is 52.9 Å². The van der Waals surface area contributed by atoms with Gasteiger partial charge in [0.1, 0.15) is 0 Å². The van der Waals surface area contributed by atoms with Gasteiger partial charge in [0.25, 0.3) is 0 Å². The Labute approximate surface area is 210 Å². The number of rotatable bonds is 0. The summed E-state index contributed by atoms with van der Waals surface area (Å²) in [5, 5.41) is 50.7. The van der Waals surface area contributed by atoms with Gasteiger partial charge in [-0.05, 0) is 0 Å². The van der Waals surface area contributed by atoms with Crippen LogP contribution in [-0.4, -0.2) is 94.3 Å². The molecule has 19 heteroatoms. The standard InChI is InChI=1S/C12H26N2O4.Ce.3NO3/c1-5-15-9-10-17-7-3-14-4-8-18-12-11-16-6-2-13-1;;3*2-1(3)4/h13-14H,1-12H2;;;;/q;+3;3*-1. The molecule has 0 aromatic rings. The zero-order valence-electron chi connectivity index (χ0n) is 16.6. The summed E-state index contributed by atoms with van der Waals surface area (Å²) in [6.45, 7) is 8.86. The van der Waals surface area contributed by atoms with Crippen molar-refractivity contribution in [3.63, 3.8) is 0 Å². The van der Waals surface area contributed by atoms with Crippen LogP contribution in [0.4, 0.5) is 0 Å². The smallest absolute Gasteiger partial charge is 0.378 e. The van der Waals surface area contributed by atoms with E-state index >= 15 is 0 Å². The van der Waals surface area contributed by atoms with Gasteiger partial charge in [0.2, 0.25) is 0 Å². The van der Waals surface area contributed by atoms with Gasteiger partial charge < -0.3 is 75.5 Å². The van der Waals surface area contributed by atoms with E-state index in [0.717, 1.165) is 26.2 Å². The molecule has 0 aliphatic carbocycles. The van der Waals surface area contributed by atoms with Crippen molar-refractivity contribution in [3.8, 4) is 0 Å². The summed E-state index contributed by atoms with van der Waals surface area (Å²) in [4.78, 5) is 24.8. The van der Waals surface area contributed by atoms with E-state index in [1.165, 1.54) is 0 Å². The Kier molecular flexibility index (Phi) is 39.9. The van der Waals surface area contributed by atoms with E-state index in [1.54, 1.807) is 0 Å². The van der Waals surface area contributed by atoms with E-state index in [9.17, 15) is 0 Å². The molecule has 1 saturated heterocycles. The number of hydrogen-bond acceptors (Lipinski definition) is 15. The topological polar surface area (TPSA) is 260 Å². The second kappa shape index (κ2) is 33.4. The Hall–Kier alpha value is -1.26. The van der Waals surface area contributed by atoms with E-state index in [1.807, 2.05) is 0 Å². The van der Waals surface area contributed by atoms with Crippen LogP contribution in [0.5, 0.6) is 0 Å². The molecule has 0 bridgehead atoms. The van der Waals surface area contributed by atoms with Gasteiger partial charge in [-0.2, -0.15) is 0 Å². The fraction of sp³-hybridized carbons (Fsp3) is 1.00. The second-order valence-electron chi connectivity index (χ2n) is 4.62. The maximum Gasteiger partial charge on any atom is 3.00 e. The second-order valence-corrected chi connectivity index (χ2v) is 4.62. The molecule has 2 N–H and O–H groups in total. The van der Waals surface area contributed by atoms with Crippen molar-refractivity contribution in [2.24, 2.45) is 0 Å². The number of hydrogen-bond donors (Lipinski definition) is 2. The van der Waals surface area contributed by atoms with Crippen LogP contribution in [0, 0.1) is 87.7 Å². The third-order valence-corrected chi connectivity index (χ3v) is 2.44. The van der Waals surface area contributed by atoms with Gasteiger partial charge in [-0.1, -0.05) is 0 Å². The van der Waals surface area contributed by atoms with Crippen LogP contribution >= 0.6 is 0 Å². The van der Waals surface area contributed by atoms with Crippen LogP contribution in [0.3, 0.4) is 0 Å². The number of ether oxygens (including phenoxy) is 4. The first kappa shape index (κ1) is 37.1. The van der Waals surface area contributed by atoms with Crippen molar-refractivity contribution < 1.29 is 76.0 Å². The molecule has 18 nitrogen and oxygen atoms in total. The summed E-state index contributed by atoms with van der Waals surface area (Å²) < 4.78 is 21.6. The van der Waals surface area contributed by atoms with Gasteiger partial charge in [0.15, 0.2) is 0 Å². The van der Waals surface area contributed by atoms with E-state index in [-0.39, 0.29) is 41.7 Å². The molecule has 1 aliphatic heterocycles. The monoisotopic (exact) mass is 588 g/mol. The zero-order valence-corrected chi connectivity index (χ0v) is 19.8. The van der Waals surface area contributed by atoms with Gasteiger partial charge in [-0.25, -0.2) is 0 Å². The molecule has 0 saturated carbocycles. The molecule has 181 valence electrons. The summed E-state index contributed by atoms with van der Waals surface area (Å²) in [5.41, 5.74) is 0. The average molecular weight is 588 g/mol. The number of nitrogens with zero attached hydrogens (tertiary/aromatic N) is 3. The number of nitrogens with one attached hydrogen (secondary N) is 2. The molecule has 0 amide bonds. The molecule has 1 rings (SSSR count). The normalized spacial score (nSPS) is 16.3. The van der Waals surface area contributed by atoms with Gasteiger partial charge in [-0.15, -0.1) is 0 Å². The molecule has 0 aromatic heterocycles. The molecule has 0 spiro atoms. The Morgan fingerprint density at radius 1 is 0.452 bits per heavy atom. The first-order valence-electron chi connectivity index (χ1n) is 8.37. The van der Waals surface area contributed by atoms with Crippen molar-refractivity contribution >= 4 is 0 Å². The van der Waals surface area contributed by atoms with Crippen LogP contribution in [-0.2, 0) is 18.9 Å². The van der Waals surface area contributed by atoms with Crippen LogP contribution < -0.4 is 10.6 Å². The minimum atomic E-state index is -1.75. The Morgan fingerprint density at radius 2 is 0.613 bits per heavy atom. The van der Waals surface area contributed by atoms with Crippen molar-refractivity contribution in [1.29, 1.82) is 0 Å². The maximum atomic E-state index is 8.25. The van der Waals surface area contributed by atoms with Gasteiger partial charge in [-0.3, -0.25) is 0 Å². The van der Waals surface area contributed by atoms with Gasteiger partial charge in [0, 0.05) is 26.2 Å². The fourth-order valence-corrected chi connectivity index (χ4v) is 1.47. The Balaban J connectivity index is -0.000000232. The largest absolute Gasteiger partial charge is 3.00 e. The fourth-order valence-electron chi connectivity index (χ4n) is 1.47. The van der Waals surface area contributed by atoms with Crippen LogP contribution in [0.1, 0.15) is 0 Å². The molecule has 0 aromatic carbocycles. The summed E-state index contributed by atoms with van der Waals surface area (Å²) in [6.07, 6.45) is 0. The van der Waals surface area contributed by atoms with Crippen LogP contribution in [0.25, 0.3) is 0 Å². The molecular weight excluding hydrogens is 562 g/mol. The predicted octanol–water partition coefficient (Wildman–Crippen LogP) is -1.47. The van der Waals surface area contributed by atoms with Crippen molar-refractivity contribution in [2.45, 2.75) is 0 Å².